The molecule has 0 unspecified atom stereocenters. The van der Waals surface area contributed by atoms with E-state index < -0.39 is 0 Å². The SMILES string of the molecule is COc1ccc(C(=O)NCc2cc(Cl)cc(Cl)c2)cc1. The summed E-state index contributed by atoms with van der Waals surface area (Å²) < 4.78 is 5.04. The van der Waals surface area contributed by atoms with Crippen molar-refractivity contribution in [3.8, 4) is 5.75 Å². The first kappa shape index (κ1) is 14.7. The van der Waals surface area contributed by atoms with Crippen LogP contribution in [0.25, 0.3) is 0 Å². The van der Waals surface area contributed by atoms with Gasteiger partial charge in [-0.25, -0.2) is 0 Å². The molecular formula is C15H13Cl2NO2. The van der Waals surface area contributed by atoms with Crippen LogP contribution in [0.1, 0.15) is 15.9 Å². The summed E-state index contributed by atoms with van der Waals surface area (Å²) in [6, 6.07) is 12.1. The van der Waals surface area contributed by atoms with Gasteiger partial charge in [0.15, 0.2) is 0 Å². The summed E-state index contributed by atoms with van der Waals surface area (Å²) in [6.07, 6.45) is 0. The van der Waals surface area contributed by atoms with Crippen LogP contribution in [0.4, 0.5) is 0 Å². The highest BCUT2D eigenvalue weighted by Crippen LogP contribution is 2.19. The number of carbonyl (C=O) groups is 1. The molecule has 0 atom stereocenters. The summed E-state index contributed by atoms with van der Waals surface area (Å²) in [5.74, 6) is 0.548. The maximum absolute atomic E-state index is 12.0. The molecule has 0 aliphatic heterocycles. The normalized spacial score (nSPS) is 10.2. The van der Waals surface area contributed by atoms with Crippen molar-refractivity contribution < 1.29 is 9.53 Å². The first-order chi connectivity index (χ1) is 9.58. The van der Waals surface area contributed by atoms with Crippen molar-refractivity contribution in [2.45, 2.75) is 6.54 Å². The van der Waals surface area contributed by atoms with Gasteiger partial charge in [-0.3, -0.25) is 4.79 Å². The van der Waals surface area contributed by atoms with Crippen LogP contribution in [0.2, 0.25) is 10.0 Å². The van der Waals surface area contributed by atoms with Crippen LogP contribution in [0.3, 0.4) is 0 Å². The summed E-state index contributed by atoms with van der Waals surface area (Å²) in [6.45, 7) is 0.366. The Kier molecular flexibility index (Phi) is 4.88. The zero-order valence-electron chi connectivity index (χ0n) is 10.8. The highest BCUT2D eigenvalue weighted by molar-refractivity contribution is 6.34. The standard InChI is InChI=1S/C15H13Cl2NO2/c1-20-14-4-2-11(3-5-14)15(19)18-9-10-6-12(16)8-13(17)7-10/h2-8H,9H2,1H3,(H,18,19). The number of benzene rings is 2. The van der Waals surface area contributed by atoms with E-state index >= 15 is 0 Å². The van der Waals surface area contributed by atoms with Crippen molar-refractivity contribution in [1.82, 2.24) is 5.32 Å². The van der Waals surface area contributed by atoms with Crippen LogP contribution in [0.15, 0.2) is 42.5 Å². The smallest absolute Gasteiger partial charge is 0.251 e. The van der Waals surface area contributed by atoms with E-state index in [4.69, 9.17) is 27.9 Å². The van der Waals surface area contributed by atoms with Gasteiger partial charge in [-0.05, 0) is 48.0 Å². The molecule has 0 heterocycles. The zero-order valence-corrected chi connectivity index (χ0v) is 12.3. The average molecular weight is 310 g/mol. The maximum Gasteiger partial charge on any atom is 0.251 e. The van der Waals surface area contributed by atoms with Crippen molar-refractivity contribution in [3.05, 3.63) is 63.6 Å². The Morgan fingerprint density at radius 2 is 1.70 bits per heavy atom. The lowest BCUT2D eigenvalue weighted by molar-refractivity contribution is 0.0951. The lowest BCUT2D eigenvalue weighted by atomic mass is 10.2. The molecule has 20 heavy (non-hydrogen) atoms. The Balaban J connectivity index is 2.00. The lowest BCUT2D eigenvalue weighted by Crippen LogP contribution is -2.22. The number of methoxy groups -OCH3 is 1. The molecular weight excluding hydrogens is 297 g/mol. The van der Waals surface area contributed by atoms with Crippen molar-refractivity contribution >= 4 is 29.1 Å². The monoisotopic (exact) mass is 309 g/mol. The van der Waals surface area contributed by atoms with Gasteiger partial charge in [-0.2, -0.15) is 0 Å². The zero-order chi connectivity index (χ0) is 14.5. The summed E-state index contributed by atoms with van der Waals surface area (Å²) >= 11 is 11.8. The predicted molar refractivity (Wildman–Crippen MR) is 80.6 cm³/mol. The molecule has 5 heteroatoms. The maximum atomic E-state index is 12.0. The van der Waals surface area contributed by atoms with E-state index in [9.17, 15) is 4.79 Å². The molecule has 2 aromatic carbocycles. The molecule has 0 radical (unpaired) electrons. The minimum absolute atomic E-state index is 0.163. The number of ether oxygens (including phenoxy) is 1. The molecule has 2 rings (SSSR count). The van der Waals surface area contributed by atoms with Gasteiger partial charge in [-0.15, -0.1) is 0 Å². The topological polar surface area (TPSA) is 38.3 Å². The number of hydrogen-bond donors (Lipinski definition) is 1. The van der Waals surface area contributed by atoms with Gasteiger partial charge in [-0.1, -0.05) is 23.2 Å². The molecule has 0 bridgehead atoms. The van der Waals surface area contributed by atoms with Gasteiger partial charge in [0.05, 0.1) is 7.11 Å². The second-order valence-corrected chi connectivity index (χ2v) is 5.06. The number of halogens is 2. The van der Waals surface area contributed by atoms with Crippen molar-refractivity contribution in [3.63, 3.8) is 0 Å². The van der Waals surface area contributed by atoms with Crippen LogP contribution in [-0.4, -0.2) is 13.0 Å². The van der Waals surface area contributed by atoms with Gasteiger partial charge in [0, 0.05) is 22.2 Å². The predicted octanol–water partition coefficient (Wildman–Crippen LogP) is 3.93. The van der Waals surface area contributed by atoms with Crippen LogP contribution >= 0.6 is 23.2 Å². The molecule has 0 fully saturated rings. The number of hydrogen-bond acceptors (Lipinski definition) is 2. The van der Waals surface area contributed by atoms with Crippen LogP contribution in [0, 0.1) is 0 Å². The number of rotatable bonds is 4. The molecule has 104 valence electrons. The van der Waals surface area contributed by atoms with Crippen molar-refractivity contribution in [2.24, 2.45) is 0 Å². The average Bonchev–Trinajstić information content (AvgIpc) is 2.44. The first-order valence-electron chi connectivity index (χ1n) is 5.95. The third kappa shape index (κ3) is 3.89. The molecule has 0 saturated carbocycles. The largest absolute Gasteiger partial charge is 0.497 e. The second kappa shape index (κ2) is 6.64. The van der Waals surface area contributed by atoms with E-state index in [1.807, 2.05) is 0 Å². The van der Waals surface area contributed by atoms with E-state index in [1.165, 1.54) is 0 Å². The van der Waals surface area contributed by atoms with Crippen molar-refractivity contribution in [2.75, 3.05) is 7.11 Å². The fraction of sp³-hybridized carbons (Fsp3) is 0.133. The quantitative estimate of drug-likeness (QED) is 0.929. The Hall–Kier alpha value is -1.71. The number of carbonyl (C=O) groups excluding carboxylic acids is 1. The Morgan fingerprint density at radius 3 is 2.25 bits per heavy atom. The molecule has 1 N–H and O–H groups in total. The second-order valence-electron chi connectivity index (χ2n) is 4.19. The van der Waals surface area contributed by atoms with Gasteiger partial charge in [0.25, 0.3) is 5.91 Å². The highest BCUT2D eigenvalue weighted by Gasteiger charge is 2.06. The third-order valence-corrected chi connectivity index (χ3v) is 3.16. The van der Waals surface area contributed by atoms with Gasteiger partial charge in [0.2, 0.25) is 0 Å². The van der Waals surface area contributed by atoms with E-state index in [0.717, 1.165) is 5.56 Å². The third-order valence-electron chi connectivity index (χ3n) is 2.73. The fourth-order valence-electron chi connectivity index (χ4n) is 1.74. The molecule has 0 saturated heterocycles. The number of amides is 1. The summed E-state index contributed by atoms with van der Waals surface area (Å²) in [5, 5.41) is 3.90. The summed E-state index contributed by atoms with van der Waals surface area (Å²) in [7, 11) is 1.58. The fourth-order valence-corrected chi connectivity index (χ4v) is 2.31. The Bertz CT molecular complexity index is 592. The molecule has 0 spiro atoms. The molecule has 0 aromatic heterocycles. The minimum Gasteiger partial charge on any atom is -0.497 e. The number of nitrogens with one attached hydrogen (secondary N) is 1. The highest BCUT2D eigenvalue weighted by atomic mass is 35.5. The first-order valence-corrected chi connectivity index (χ1v) is 6.71. The lowest BCUT2D eigenvalue weighted by Gasteiger charge is -2.07. The van der Waals surface area contributed by atoms with Gasteiger partial charge in [0.1, 0.15) is 5.75 Å². The van der Waals surface area contributed by atoms with Crippen molar-refractivity contribution in [1.29, 1.82) is 0 Å². The van der Waals surface area contributed by atoms with Crippen LogP contribution in [-0.2, 0) is 6.54 Å². The summed E-state index contributed by atoms with van der Waals surface area (Å²) in [4.78, 5) is 12.0. The molecule has 2 aromatic rings. The molecule has 0 aliphatic rings. The molecule has 0 aliphatic carbocycles. The van der Waals surface area contributed by atoms with Crippen LogP contribution < -0.4 is 10.1 Å². The van der Waals surface area contributed by atoms with E-state index in [2.05, 4.69) is 5.32 Å². The van der Waals surface area contributed by atoms with Gasteiger partial charge >= 0.3 is 0 Å². The molecule has 3 nitrogen and oxygen atoms in total. The Morgan fingerprint density at radius 1 is 1.10 bits per heavy atom. The molecule has 1 amide bonds. The van der Waals surface area contributed by atoms with E-state index in [1.54, 1.807) is 49.6 Å². The summed E-state index contributed by atoms with van der Waals surface area (Å²) in [5.41, 5.74) is 1.42. The van der Waals surface area contributed by atoms with E-state index in [-0.39, 0.29) is 5.91 Å². The van der Waals surface area contributed by atoms with Crippen LogP contribution in [0.5, 0.6) is 5.75 Å². The van der Waals surface area contributed by atoms with E-state index in [0.29, 0.717) is 27.9 Å². The van der Waals surface area contributed by atoms with Gasteiger partial charge < -0.3 is 10.1 Å². The Labute approximate surface area is 127 Å². The minimum atomic E-state index is -0.163.